The molecule has 2 atom stereocenters. The van der Waals surface area contributed by atoms with Gasteiger partial charge in [0.25, 0.3) is 0 Å². The maximum Gasteiger partial charge on any atom is 0.0624 e. The van der Waals surface area contributed by atoms with E-state index in [1.165, 1.54) is 0 Å². The molecule has 90 valence electrons. The third-order valence-electron chi connectivity index (χ3n) is 2.22. The molecule has 0 spiro atoms. The largest absolute Gasteiger partial charge is 0.383 e. The molecular weight excluding hydrogens is 222 g/mol. The van der Waals surface area contributed by atoms with E-state index in [9.17, 15) is 4.21 Å². The van der Waals surface area contributed by atoms with Gasteiger partial charge in [0.2, 0.25) is 0 Å². The Hall–Kier alpha value is -0.710. The highest BCUT2D eigenvalue weighted by Gasteiger charge is 2.12. The number of hydrogen-bond donors (Lipinski definition) is 1. The van der Waals surface area contributed by atoms with Crippen molar-refractivity contribution >= 4 is 10.8 Å². The van der Waals surface area contributed by atoms with Gasteiger partial charge in [0, 0.05) is 23.8 Å². The first-order chi connectivity index (χ1) is 7.77. The predicted octanol–water partition coefficient (Wildman–Crippen LogP) is 1.42. The second-order valence-electron chi connectivity index (χ2n) is 3.54. The lowest BCUT2D eigenvalue weighted by molar-refractivity contribution is 0.174. The van der Waals surface area contributed by atoms with Crippen LogP contribution in [0, 0.1) is 0 Å². The zero-order valence-corrected chi connectivity index (χ0v) is 10.6. The molecule has 0 aromatic heterocycles. The number of nitrogens with one attached hydrogen (secondary N) is 1. The first kappa shape index (κ1) is 13.4. The van der Waals surface area contributed by atoms with Crippen molar-refractivity contribution in [2.45, 2.75) is 17.9 Å². The van der Waals surface area contributed by atoms with Crippen LogP contribution < -0.4 is 5.32 Å². The van der Waals surface area contributed by atoms with E-state index >= 15 is 0 Å². The first-order valence-corrected chi connectivity index (χ1v) is 6.75. The fourth-order valence-electron chi connectivity index (χ4n) is 1.51. The molecule has 2 unspecified atom stereocenters. The monoisotopic (exact) mass is 241 g/mol. The van der Waals surface area contributed by atoms with Crippen LogP contribution in [0.4, 0.5) is 0 Å². The van der Waals surface area contributed by atoms with Crippen LogP contribution in [-0.2, 0) is 15.5 Å². The molecule has 1 N–H and O–H groups in total. The Labute approximate surface area is 99.7 Å². The van der Waals surface area contributed by atoms with Gasteiger partial charge in [0.1, 0.15) is 0 Å². The minimum atomic E-state index is -0.959. The van der Waals surface area contributed by atoms with Gasteiger partial charge >= 0.3 is 0 Å². The van der Waals surface area contributed by atoms with Crippen molar-refractivity contribution < 1.29 is 8.95 Å². The molecule has 1 aromatic carbocycles. The first-order valence-electron chi connectivity index (χ1n) is 5.43. The topological polar surface area (TPSA) is 38.3 Å². The third-order valence-corrected chi connectivity index (χ3v) is 3.72. The van der Waals surface area contributed by atoms with Gasteiger partial charge in [-0.1, -0.05) is 25.1 Å². The molecule has 0 saturated carbocycles. The van der Waals surface area contributed by atoms with Gasteiger partial charge < -0.3 is 10.1 Å². The fourth-order valence-corrected chi connectivity index (χ4v) is 2.74. The molecule has 0 fully saturated rings. The minimum absolute atomic E-state index is 0.149. The summed E-state index contributed by atoms with van der Waals surface area (Å²) in [5.41, 5.74) is 0. The Balaban J connectivity index is 2.54. The lowest BCUT2D eigenvalue weighted by Crippen LogP contribution is -2.37. The Kier molecular flexibility index (Phi) is 6.30. The van der Waals surface area contributed by atoms with Crippen molar-refractivity contribution in [3.63, 3.8) is 0 Å². The molecule has 3 nitrogen and oxygen atoms in total. The molecular formula is C12H19NO2S. The number of methoxy groups -OCH3 is 1. The van der Waals surface area contributed by atoms with Gasteiger partial charge in [-0.25, -0.2) is 0 Å². The van der Waals surface area contributed by atoms with Gasteiger partial charge in [0.05, 0.1) is 17.4 Å². The molecule has 16 heavy (non-hydrogen) atoms. The van der Waals surface area contributed by atoms with Gasteiger partial charge in [-0.3, -0.25) is 4.21 Å². The van der Waals surface area contributed by atoms with Crippen LogP contribution in [0.3, 0.4) is 0 Å². The lowest BCUT2D eigenvalue weighted by atomic mass is 10.3. The zero-order valence-electron chi connectivity index (χ0n) is 9.81. The highest BCUT2D eigenvalue weighted by atomic mass is 32.2. The highest BCUT2D eigenvalue weighted by molar-refractivity contribution is 7.85. The van der Waals surface area contributed by atoms with Crippen molar-refractivity contribution in [1.82, 2.24) is 5.32 Å². The lowest BCUT2D eigenvalue weighted by Gasteiger charge is -2.16. The summed E-state index contributed by atoms with van der Waals surface area (Å²) in [5, 5.41) is 3.27. The van der Waals surface area contributed by atoms with E-state index in [4.69, 9.17) is 4.74 Å². The Morgan fingerprint density at radius 3 is 2.62 bits per heavy atom. The molecule has 0 aliphatic heterocycles. The molecule has 1 aromatic rings. The summed E-state index contributed by atoms with van der Waals surface area (Å²) in [4.78, 5) is 0.876. The molecule has 0 aliphatic carbocycles. The second kappa shape index (κ2) is 7.54. The van der Waals surface area contributed by atoms with E-state index in [2.05, 4.69) is 5.32 Å². The van der Waals surface area contributed by atoms with Gasteiger partial charge in [-0.2, -0.15) is 0 Å². The van der Waals surface area contributed by atoms with Crippen LogP contribution in [0.25, 0.3) is 0 Å². The molecule has 0 heterocycles. The molecule has 0 saturated heterocycles. The number of likely N-dealkylation sites (N-methyl/N-ethyl adjacent to an activating group) is 1. The molecule has 0 radical (unpaired) electrons. The van der Waals surface area contributed by atoms with Crippen LogP contribution in [0.5, 0.6) is 0 Å². The van der Waals surface area contributed by atoms with Gasteiger partial charge in [-0.15, -0.1) is 0 Å². The highest BCUT2D eigenvalue weighted by Crippen LogP contribution is 2.06. The third kappa shape index (κ3) is 4.43. The van der Waals surface area contributed by atoms with E-state index in [0.29, 0.717) is 12.4 Å². The standard InChI is InChI=1S/C12H19NO2S/c1-3-13-11(9-15-2)10-16(14)12-7-5-4-6-8-12/h4-8,11,13H,3,9-10H2,1-2H3. The molecule has 0 amide bonds. The van der Waals surface area contributed by atoms with E-state index in [0.717, 1.165) is 11.4 Å². The van der Waals surface area contributed by atoms with E-state index in [-0.39, 0.29) is 6.04 Å². The summed E-state index contributed by atoms with van der Waals surface area (Å²) in [6.07, 6.45) is 0. The normalized spacial score (nSPS) is 14.6. The van der Waals surface area contributed by atoms with Crippen LogP contribution >= 0.6 is 0 Å². The van der Waals surface area contributed by atoms with Crippen molar-refractivity contribution in [3.8, 4) is 0 Å². The summed E-state index contributed by atoms with van der Waals surface area (Å²) in [6.45, 7) is 3.49. The Bertz CT molecular complexity index is 310. The maximum absolute atomic E-state index is 12.0. The smallest absolute Gasteiger partial charge is 0.0624 e. The molecule has 0 aliphatic rings. The fraction of sp³-hybridized carbons (Fsp3) is 0.500. The quantitative estimate of drug-likeness (QED) is 0.784. The van der Waals surface area contributed by atoms with Crippen LogP contribution in [-0.4, -0.2) is 36.3 Å². The summed E-state index contributed by atoms with van der Waals surface area (Å²) in [6, 6.07) is 9.68. The van der Waals surface area contributed by atoms with Gasteiger partial charge in [0.15, 0.2) is 0 Å². The molecule has 1 rings (SSSR count). The zero-order chi connectivity index (χ0) is 11.8. The average molecular weight is 241 g/mol. The van der Waals surface area contributed by atoms with Crippen LogP contribution in [0.2, 0.25) is 0 Å². The van der Waals surface area contributed by atoms with E-state index in [1.54, 1.807) is 7.11 Å². The predicted molar refractivity (Wildman–Crippen MR) is 67.1 cm³/mol. The number of hydrogen-bond acceptors (Lipinski definition) is 3. The van der Waals surface area contributed by atoms with Gasteiger partial charge in [-0.05, 0) is 18.7 Å². The number of ether oxygens (including phenoxy) is 1. The summed E-state index contributed by atoms with van der Waals surface area (Å²) in [7, 11) is 0.704. The van der Waals surface area contributed by atoms with Crippen molar-refractivity contribution in [2.24, 2.45) is 0 Å². The SMILES string of the molecule is CCNC(COC)CS(=O)c1ccccc1. The Morgan fingerprint density at radius 2 is 2.06 bits per heavy atom. The minimum Gasteiger partial charge on any atom is -0.383 e. The number of benzene rings is 1. The maximum atomic E-state index is 12.0. The van der Waals surface area contributed by atoms with Crippen molar-refractivity contribution in [1.29, 1.82) is 0 Å². The summed E-state index contributed by atoms with van der Waals surface area (Å²) in [5.74, 6) is 0.589. The van der Waals surface area contributed by atoms with Crippen LogP contribution in [0.1, 0.15) is 6.92 Å². The average Bonchev–Trinajstić information content (AvgIpc) is 2.31. The second-order valence-corrected chi connectivity index (χ2v) is 5.03. The van der Waals surface area contributed by atoms with Crippen molar-refractivity contribution in [3.05, 3.63) is 30.3 Å². The van der Waals surface area contributed by atoms with E-state index < -0.39 is 10.8 Å². The van der Waals surface area contributed by atoms with Crippen LogP contribution in [0.15, 0.2) is 35.2 Å². The summed E-state index contributed by atoms with van der Waals surface area (Å²) >= 11 is 0. The molecule has 4 heteroatoms. The Morgan fingerprint density at radius 1 is 1.38 bits per heavy atom. The van der Waals surface area contributed by atoms with E-state index in [1.807, 2.05) is 37.3 Å². The molecule has 0 bridgehead atoms. The number of rotatable bonds is 7. The summed E-state index contributed by atoms with van der Waals surface area (Å²) < 4.78 is 17.1. The van der Waals surface area contributed by atoms with Crippen molar-refractivity contribution in [2.75, 3.05) is 26.0 Å².